The number of phosphoric acid groups is 2. The third-order valence-electron chi connectivity index (χ3n) is 21.2. The number of allylic oxidation sites excluding steroid dienone is 2. The van der Waals surface area contributed by atoms with E-state index in [-0.39, 0.29) is 32.1 Å². The van der Waals surface area contributed by atoms with Crippen molar-refractivity contribution in [2.75, 3.05) is 13.2 Å². The van der Waals surface area contributed by atoms with Crippen molar-refractivity contribution < 1.29 is 116 Å². The third kappa shape index (κ3) is 54.1. The van der Waals surface area contributed by atoms with Crippen molar-refractivity contribution in [2.24, 2.45) is 0 Å². The first-order valence-electron chi connectivity index (χ1n) is 44.4. The average molecular weight is 1640 g/mol. The van der Waals surface area contributed by atoms with Crippen LogP contribution in [0.2, 0.25) is 0 Å². The second-order valence-corrected chi connectivity index (χ2v) is 34.2. The number of nitrogens with one attached hydrogen (secondary N) is 2. The van der Waals surface area contributed by atoms with Gasteiger partial charge in [-0.15, -0.1) is 0 Å². The molecule has 2 rings (SSSR count). The van der Waals surface area contributed by atoms with E-state index in [0.29, 0.717) is 32.1 Å². The molecule has 2 fully saturated rings. The molecular weight excluding hydrogens is 1480 g/mol. The number of phosphoric ester groups is 2. The third-order valence-corrected chi connectivity index (χ3v) is 22.2. The number of ether oxygens (including phenoxy) is 6. The van der Waals surface area contributed by atoms with E-state index >= 15 is 0 Å². The fourth-order valence-corrected chi connectivity index (χ4v) is 15.7. The number of unbranched alkanes of at least 4 members (excludes halogenated alkanes) is 41. The summed E-state index contributed by atoms with van der Waals surface area (Å²) in [6.07, 6.45) is 29.1. The molecule has 28 heteroatoms. The number of hydrogen-bond donors (Lipinski definition) is 11. The molecule has 0 radical (unpaired) electrons. The lowest BCUT2D eigenvalue weighted by atomic mass is 9.95. The van der Waals surface area contributed by atoms with Gasteiger partial charge in [0.2, 0.25) is 11.8 Å². The maximum atomic E-state index is 14.9. The molecule has 8 unspecified atom stereocenters. The highest BCUT2D eigenvalue weighted by atomic mass is 31.2. The summed E-state index contributed by atoms with van der Waals surface area (Å²) in [6, 6.07) is -3.82. The van der Waals surface area contributed by atoms with Crippen molar-refractivity contribution in [1.82, 2.24) is 10.6 Å². The molecule has 2 aliphatic heterocycles. The average Bonchev–Trinajstić information content (AvgIpc) is 0.782. The minimum Gasteiger partial charge on any atom is -0.462 e. The van der Waals surface area contributed by atoms with Gasteiger partial charge < -0.3 is 84.2 Å². The Morgan fingerprint density at radius 1 is 0.393 bits per heavy atom. The van der Waals surface area contributed by atoms with Crippen LogP contribution in [-0.2, 0) is 70.6 Å². The number of amides is 2. The minimum absolute atomic E-state index is 0.0824. The summed E-state index contributed by atoms with van der Waals surface area (Å²) in [7, 11) is -11.3. The topological polar surface area (TPSA) is 399 Å². The predicted octanol–water partition coefficient (Wildman–Crippen LogP) is 16.7. The molecule has 0 aromatic rings. The fraction of sp³-hybridized carbons (Fsp3) is 0.917. The molecule has 2 aliphatic rings. The molecule has 0 spiro atoms. The van der Waals surface area contributed by atoms with Crippen LogP contribution >= 0.6 is 15.6 Å². The maximum Gasteiger partial charge on any atom is 0.472 e. The lowest BCUT2D eigenvalue weighted by Crippen LogP contribution is -2.68. The second-order valence-electron chi connectivity index (χ2n) is 31.8. The van der Waals surface area contributed by atoms with Gasteiger partial charge in [0.15, 0.2) is 24.8 Å². The molecule has 2 heterocycles. The van der Waals surface area contributed by atoms with Gasteiger partial charge >= 0.3 is 33.6 Å². The van der Waals surface area contributed by atoms with Crippen molar-refractivity contribution in [1.29, 1.82) is 0 Å². The normalized spacial score (nSPS) is 21.3. The summed E-state index contributed by atoms with van der Waals surface area (Å²) in [6.45, 7) is 8.73. The summed E-state index contributed by atoms with van der Waals surface area (Å²) in [4.78, 5) is 113. The molecule has 0 aromatic carbocycles. The summed E-state index contributed by atoms with van der Waals surface area (Å²) < 4.78 is 72.7. The van der Waals surface area contributed by atoms with E-state index in [4.69, 9.17) is 37.5 Å². The zero-order valence-corrected chi connectivity index (χ0v) is 71.6. The molecule has 0 bridgehead atoms. The lowest BCUT2D eigenvalue weighted by Gasteiger charge is -2.47. The van der Waals surface area contributed by atoms with Gasteiger partial charge in [0, 0.05) is 6.42 Å². The van der Waals surface area contributed by atoms with E-state index in [1.807, 2.05) is 0 Å². The van der Waals surface area contributed by atoms with Crippen LogP contribution in [0.4, 0.5) is 0 Å². The van der Waals surface area contributed by atoms with Crippen LogP contribution in [0, 0.1) is 0 Å². The van der Waals surface area contributed by atoms with E-state index in [1.54, 1.807) is 0 Å². The van der Waals surface area contributed by atoms with Gasteiger partial charge in [-0.05, 0) is 64.2 Å². The van der Waals surface area contributed by atoms with Gasteiger partial charge in [0.25, 0.3) is 0 Å². The highest BCUT2D eigenvalue weighted by Gasteiger charge is 2.55. The summed E-state index contributed by atoms with van der Waals surface area (Å²) in [5.41, 5.74) is 0. The Morgan fingerprint density at radius 2 is 0.732 bits per heavy atom. The number of carbonyl (C=O) groups excluding carboxylic acids is 5. The Hall–Kier alpha value is -3.01. The van der Waals surface area contributed by atoms with Gasteiger partial charge in [-0.3, -0.25) is 33.0 Å². The highest BCUT2D eigenvalue weighted by Crippen LogP contribution is 2.44. The van der Waals surface area contributed by atoms with Crippen LogP contribution in [0.3, 0.4) is 0 Å². The fourth-order valence-electron chi connectivity index (χ4n) is 14.7. The number of aliphatic hydroxyl groups excluding tert-OH is 5. The molecule has 0 aliphatic carbocycles. The van der Waals surface area contributed by atoms with E-state index in [0.717, 1.165) is 218 Å². The van der Waals surface area contributed by atoms with Crippen LogP contribution in [0.25, 0.3) is 0 Å². The largest absolute Gasteiger partial charge is 0.472 e. The van der Waals surface area contributed by atoms with Gasteiger partial charge in [-0.1, -0.05) is 310 Å². The maximum absolute atomic E-state index is 14.9. The number of esters is 3. The first-order valence-corrected chi connectivity index (χ1v) is 47.5. The first-order chi connectivity index (χ1) is 53.9. The molecule has 26 nitrogen and oxygen atoms in total. The Labute approximate surface area is 673 Å². The smallest absolute Gasteiger partial charge is 0.462 e. The summed E-state index contributed by atoms with van der Waals surface area (Å²) >= 11 is 0. The van der Waals surface area contributed by atoms with E-state index < -0.39 is 170 Å². The summed E-state index contributed by atoms with van der Waals surface area (Å²) in [5, 5.41) is 62.1. The Kier molecular flexibility index (Phi) is 62.7. The Balaban J connectivity index is 2.68. The molecule has 658 valence electrons. The molecule has 112 heavy (non-hydrogen) atoms. The standard InChI is InChI=1S/C84H158N2O24P2/c1-6-11-16-21-26-31-32-33-34-39-44-49-54-59-74(93)104-69(58-53-48-43-38-30-25-20-15-10-5)63-73(92)86-78-82(108-76(95)62-68(90)57-52-47-42-37-29-24-19-14-9-4)80(109-111(97,98)99)70(64-87)105-83(78)103-65-71-79(96)81(107-75(94)61-67(89)56-51-46-41-36-28-23-18-13-8-3)77(84(106-71)110-112(100,101)102)85-72(91)60-66(88)55-50-45-40-35-27-22-17-12-7-2/h31-32,66-71,77-84,87-90,96H,6-30,33-65H2,1-5H3,(H,85,91)(H,86,92)(H2,97,98,99)(H2,100,101,102)/b32-31-/t66?,67?,68?,69?,70?,71?,77?,78?,79-,80-,81-,82-,83-,84+/m1/s1. The van der Waals surface area contributed by atoms with E-state index in [2.05, 4.69) is 57.4 Å². The van der Waals surface area contributed by atoms with Crippen molar-refractivity contribution in [2.45, 2.75) is 480 Å². The molecule has 2 saturated heterocycles. The first kappa shape index (κ1) is 105. The van der Waals surface area contributed by atoms with Gasteiger partial charge in [0.1, 0.15) is 42.6 Å². The van der Waals surface area contributed by atoms with Crippen LogP contribution in [-0.4, -0.2) is 174 Å². The van der Waals surface area contributed by atoms with Crippen LogP contribution in [0.15, 0.2) is 12.2 Å². The van der Waals surface area contributed by atoms with Gasteiger partial charge in [0.05, 0.1) is 57.2 Å². The summed E-state index contributed by atoms with van der Waals surface area (Å²) in [5.74, 6) is -4.53. The number of carbonyl (C=O) groups is 5. The zero-order valence-electron chi connectivity index (χ0n) is 69.8. The SMILES string of the molecule is CCCCCC/C=C\CCCCCCCC(=O)OC(CCCCCCCCCCC)CC(=O)NC1[C@H](OCC2O[C@@H](OP(=O)(O)O)C(NC(=O)CC(O)CCCCCCCCCCC)[C@@H](OC(=O)CC(O)CCCCCCCCCCC)[C@@H]2O)OC(CO)[C@@H](OP(=O)(O)O)[C@@H]1OC(=O)CC(O)CCCCCCCCCCC. The van der Waals surface area contributed by atoms with Crippen LogP contribution < -0.4 is 10.6 Å². The zero-order chi connectivity index (χ0) is 82.5. The van der Waals surface area contributed by atoms with Crippen molar-refractivity contribution >= 4 is 45.4 Å². The number of hydrogen-bond acceptors (Lipinski definition) is 20. The van der Waals surface area contributed by atoms with Crippen LogP contribution in [0.1, 0.15) is 394 Å². The second kappa shape index (κ2) is 66.8. The van der Waals surface area contributed by atoms with Crippen molar-refractivity contribution in [3.05, 3.63) is 12.2 Å². The van der Waals surface area contributed by atoms with Gasteiger partial charge in [-0.2, -0.15) is 0 Å². The van der Waals surface area contributed by atoms with Crippen LogP contribution in [0.5, 0.6) is 0 Å². The van der Waals surface area contributed by atoms with Crippen molar-refractivity contribution in [3.63, 3.8) is 0 Å². The van der Waals surface area contributed by atoms with Gasteiger partial charge in [-0.25, -0.2) is 9.13 Å². The molecule has 2 amide bonds. The van der Waals surface area contributed by atoms with E-state index in [1.165, 1.54) is 51.4 Å². The minimum atomic E-state index is -5.65. The molecule has 11 N–H and O–H groups in total. The molecular formula is C84H158N2O24P2. The highest BCUT2D eigenvalue weighted by molar-refractivity contribution is 7.46. The monoisotopic (exact) mass is 1640 g/mol. The number of aliphatic hydroxyl groups is 5. The lowest BCUT2D eigenvalue weighted by molar-refractivity contribution is -0.296. The van der Waals surface area contributed by atoms with Crippen molar-refractivity contribution in [3.8, 4) is 0 Å². The Morgan fingerprint density at radius 3 is 1.14 bits per heavy atom. The number of rotatable bonds is 74. The predicted molar refractivity (Wildman–Crippen MR) is 434 cm³/mol. The Bertz CT molecular complexity index is 2490. The molecule has 0 saturated carbocycles. The molecule has 0 aromatic heterocycles. The van der Waals surface area contributed by atoms with E-state index in [9.17, 15) is 78.2 Å². The molecule has 14 atom stereocenters. The quantitative estimate of drug-likeness (QED) is 0.00885.